The highest BCUT2D eigenvalue weighted by molar-refractivity contribution is 7.99. The van der Waals surface area contributed by atoms with Gasteiger partial charge in [-0.3, -0.25) is 4.79 Å². The number of carbonyl (C=O) groups is 1. The van der Waals surface area contributed by atoms with Crippen LogP contribution in [0.4, 0.5) is 0 Å². The first-order valence-electron chi connectivity index (χ1n) is 16.8. The Labute approximate surface area is 288 Å². The summed E-state index contributed by atoms with van der Waals surface area (Å²) in [5.41, 5.74) is 0.341. The summed E-state index contributed by atoms with van der Waals surface area (Å²) >= 11 is 1.70. The maximum atomic E-state index is 13.9. The largest absolute Gasteiger partial charge is 0.404 e. The van der Waals surface area contributed by atoms with Crippen molar-refractivity contribution in [3.63, 3.8) is 0 Å². The van der Waals surface area contributed by atoms with Crippen LogP contribution in [0.1, 0.15) is 74.7 Å². The number of ether oxygens (including phenoxy) is 2. The molecule has 3 aromatic carbocycles. The summed E-state index contributed by atoms with van der Waals surface area (Å²) in [6, 6.07) is 31.3. The Morgan fingerprint density at radius 1 is 0.915 bits per heavy atom. The van der Waals surface area contributed by atoms with Gasteiger partial charge in [0.2, 0.25) is 0 Å². The van der Waals surface area contributed by atoms with E-state index in [0.717, 1.165) is 10.5 Å². The summed E-state index contributed by atoms with van der Waals surface area (Å²) in [7, 11) is -2.77. The van der Waals surface area contributed by atoms with E-state index in [1.165, 1.54) is 10.4 Å². The molecule has 0 unspecified atom stereocenters. The van der Waals surface area contributed by atoms with Crippen molar-refractivity contribution < 1.29 is 23.8 Å². The number of hydrogen-bond acceptors (Lipinski definition) is 6. The number of ketones is 1. The molecule has 0 amide bonds. The Bertz CT molecular complexity index is 1410. The summed E-state index contributed by atoms with van der Waals surface area (Å²) < 4.78 is 19.2. The molecule has 1 fully saturated rings. The molecule has 1 aliphatic rings. The van der Waals surface area contributed by atoms with Crippen LogP contribution in [0, 0.1) is 5.41 Å². The van der Waals surface area contributed by atoms with E-state index in [-0.39, 0.29) is 29.5 Å². The molecule has 254 valence electrons. The normalized spacial score (nSPS) is 19.5. The Kier molecular flexibility index (Phi) is 12.5. The molecule has 47 heavy (non-hydrogen) atoms. The van der Waals surface area contributed by atoms with Gasteiger partial charge in [0, 0.05) is 28.9 Å². The third kappa shape index (κ3) is 9.77. The number of aliphatic hydroxyl groups is 1. The molecule has 5 nitrogen and oxygen atoms in total. The maximum Gasteiger partial charge on any atom is 0.261 e. The van der Waals surface area contributed by atoms with Crippen molar-refractivity contribution in [2.75, 3.05) is 12.4 Å². The molecule has 1 saturated heterocycles. The second-order valence-electron chi connectivity index (χ2n) is 14.9. The van der Waals surface area contributed by atoms with Crippen molar-refractivity contribution >= 4 is 36.2 Å². The van der Waals surface area contributed by atoms with Gasteiger partial charge < -0.3 is 19.0 Å². The second-order valence-corrected chi connectivity index (χ2v) is 20.2. The standard InChI is InChI=1S/C40H54O5SSi/c1-30-36(45-40(7,8)44-30)28-32(41)26-31(27-37(42)39(5,6)29-46-33-18-12-9-13-19-33)24-25-43-47(38(2,3)4,34-20-14-10-15-21-34)35-22-16-11-17-23-35/h9-24,30,32,36,41H,25-29H2,1-8H3/b31-24+/t30-,32+,36-/m1/s1. The predicted molar refractivity (Wildman–Crippen MR) is 197 cm³/mol. The maximum absolute atomic E-state index is 13.9. The average Bonchev–Trinajstić information content (AvgIpc) is 3.28. The first-order chi connectivity index (χ1) is 22.1. The van der Waals surface area contributed by atoms with Gasteiger partial charge in [0.05, 0.1) is 24.9 Å². The quantitative estimate of drug-likeness (QED) is 0.100. The van der Waals surface area contributed by atoms with E-state index in [0.29, 0.717) is 25.2 Å². The van der Waals surface area contributed by atoms with Gasteiger partial charge in [0.15, 0.2) is 5.79 Å². The van der Waals surface area contributed by atoms with E-state index in [1.54, 1.807) is 11.8 Å². The molecule has 0 bridgehead atoms. The highest BCUT2D eigenvalue weighted by atomic mass is 32.2. The van der Waals surface area contributed by atoms with Crippen LogP contribution in [-0.4, -0.2) is 55.7 Å². The summed E-state index contributed by atoms with van der Waals surface area (Å²) in [6.45, 7) is 16.9. The van der Waals surface area contributed by atoms with Gasteiger partial charge in [-0.2, -0.15) is 0 Å². The van der Waals surface area contributed by atoms with Crippen LogP contribution in [0.5, 0.6) is 0 Å². The lowest BCUT2D eigenvalue weighted by Gasteiger charge is -2.42. The summed E-state index contributed by atoms with van der Waals surface area (Å²) in [6.07, 6.45) is 2.08. The molecular weight excluding hydrogens is 621 g/mol. The third-order valence-electron chi connectivity index (χ3n) is 9.00. The van der Waals surface area contributed by atoms with E-state index >= 15 is 0 Å². The monoisotopic (exact) mass is 674 g/mol. The average molecular weight is 675 g/mol. The molecule has 1 heterocycles. The minimum absolute atomic E-state index is 0.124. The molecule has 3 atom stereocenters. The highest BCUT2D eigenvalue weighted by Crippen LogP contribution is 2.37. The van der Waals surface area contributed by atoms with Crippen molar-refractivity contribution in [3.05, 3.63) is 103 Å². The van der Waals surface area contributed by atoms with Gasteiger partial charge in [-0.1, -0.05) is 125 Å². The lowest BCUT2D eigenvalue weighted by atomic mass is 9.85. The topological polar surface area (TPSA) is 65.0 Å². The number of hydrogen-bond donors (Lipinski definition) is 1. The first kappa shape index (κ1) is 37.3. The van der Waals surface area contributed by atoms with Crippen molar-refractivity contribution in [2.24, 2.45) is 5.41 Å². The number of benzene rings is 3. The van der Waals surface area contributed by atoms with Crippen LogP contribution >= 0.6 is 11.8 Å². The number of thioether (sulfide) groups is 1. The molecule has 1 aliphatic heterocycles. The number of rotatable bonds is 15. The zero-order valence-electron chi connectivity index (χ0n) is 29.5. The zero-order valence-corrected chi connectivity index (χ0v) is 31.3. The fraction of sp³-hybridized carbons (Fsp3) is 0.475. The van der Waals surface area contributed by atoms with E-state index in [1.807, 2.05) is 65.0 Å². The zero-order chi connectivity index (χ0) is 34.3. The van der Waals surface area contributed by atoms with Gasteiger partial charge in [-0.05, 0) is 54.7 Å². The third-order valence-corrected chi connectivity index (χ3v) is 15.5. The Hall–Kier alpha value is -2.52. The second kappa shape index (κ2) is 15.8. The van der Waals surface area contributed by atoms with Crippen LogP contribution in [0.25, 0.3) is 0 Å². The fourth-order valence-corrected chi connectivity index (χ4v) is 12.0. The van der Waals surface area contributed by atoms with Crippen LogP contribution in [-0.2, 0) is 18.7 Å². The SMILES string of the molecule is C[C@H]1OC(C)(C)O[C@@H]1C[C@@H](O)C/C(=C\CO[Si](c1ccccc1)(c1ccccc1)C(C)(C)C)CC(=O)C(C)(C)CSc1ccccc1. The van der Waals surface area contributed by atoms with Crippen molar-refractivity contribution in [3.8, 4) is 0 Å². The molecule has 0 aliphatic carbocycles. The van der Waals surface area contributed by atoms with Gasteiger partial charge in [-0.25, -0.2) is 0 Å². The summed E-state index contributed by atoms with van der Waals surface area (Å²) in [4.78, 5) is 15.1. The molecule has 0 spiro atoms. The minimum Gasteiger partial charge on any atom is -0.404 e. The van der Waals surface area contributed by atoms with Crippen LogP contribution in [0.3, 0.4) is 0 Å². The van der Waals surface area contributed by atoms with Crippen LogP contribution in [0.15, 0.2) is 108 Å². The Morgan fingerprint density at radius 3 is 1.94 bits per heavy atom. The molecule has 3 aromatic rings. The predicted octanol–water partition coefficient (Wildman–Crippen LogP) is 7.95. The van der Waals surface area contributed by atoms with Gasteiger partial charge in [-0.15, -0.1) is 11.8 Å². The summed E-state index contributed by atoms with van der Waals surface area (Å²) in [5, 5.41) is 13.6. The Morgan fingerprint density at radius 2 is 1.45 bits per heavy atom. The number of carbonyl (C=O) groups excluding carboxylic acids is 1. The fourth-order valence-electron chi connectivity index (χ4n) is 6.49. The molecular formula is C40H54O5SSi. The molecule has 0 aromatic heterocycles. The number of Topliss-reactive ketones (excluding diaryl/α,β-unsaturated/α-hetero) is 1. The highest BCUT2D eigenvalue weighted by Gasteiger charge is 2.50. The van der Waals surface area contributed by atoms with E-state index in [2.05, 4.69) is 87.5 Å². The summed E-state index contributed by atoms with van der Waals surface area (Å²) in [5.74, 6) is 0.145. The van der Waals surface area contributed by atoms with Crippen LogP contribution in [0.2, 0.25) is 5.04 Å². The van der Waals surface area contributed by atoms with Crippen molar-refractivity contribution in [1.29, 1.82) is 0 Å². The van der Waals surface area contributed by atoms with E-state index in [4.69, 9.17) is 13.9 Å². The van der Waals surface area contributed by atoms with E-state index < -0.39 is 25.6 Å². The van der Waals surface area contributed by atoms with Crippen molar-refractivity contribution in [2.45, 2.75) is 109 Å². The molecule has 1 N–H and O–H groups in total. The molecule has 7 heteroatoms. The molecule has 0 radical (unpaired) electrons. The minimum atomic E-state index is -2.77. The lowest BCUT2D eigenvalue weighted by molar-refractivity contribution is -0.147. The molecule has 0 saturated carbocycles. The van der Waals surface area contributed by atoms with E-state index in [9.17, 15) is 9.90 Å². The first-order valence-corrected chi connectivity index (χ1v) is 19.7. The van der Waals surface area contributed by atoms with Gasteiger partial charge in [0.25, 0.3) is 8.32 Å². The Balaban J connectivity index is 1.60. The van der Waals surface area contributed by atoms with Crippen molar-refractivity contribution in [1.82, 2.24) is 0 Å². The van der Waals surface area contributed by atoms with Gasteiger partial charge >= 0.3 is 0 Å². The number of aliphatic hydroxyl groups excluding tert-OH is 1. The molecule has 4 rings (SSSR count). The smallest absolute Gasteiger partial charge is 0.261 e. The lowest BCUT2D eigenvalue weighted by Crippen LogP contribution is -2.66. The van der Waals surface area contributed by atoms with Crippen LogP contribution < -0.4 is 10.4 Å². The van der Waals surface area contributed by atoms with Gasteiger partial charge in [0.1, 0.15) is 5.78 Å².